The molecule has 1 aliphatic heterocycles. The van der Waals surface area contributed by atoms with Crippen LogP contribution in [0.25, 0.3) is 0 Å². The number of hydrogen-bond acceptors (Lipinski definition) is 2. The summed E-state index contributed by atoms with van der Waals surface area (Å²) in [6.07, 6.45) is 1.68. The number of hydrogen-bond donors (Lipinski definition) is 1. The van der Waals surface area contributed by atoms with Crippen molar-refractivity contribution < 1.29 is 18.4 Å². The van der Waals surface area contributed by atoms with E-state index in [0.29, 0.717) is 0 Å². The molecule has 1 aliphatic carbocycles. The van der Waals surface area contributed by atoms with Crippen molar-refractivity contribution in [2.24, 2.45) is 5.92 Å². The average molecular weight is 359 g/mol. The maximum Gasteiger partial charge on any atom is 0.253 e. The van der Waals surface area contributed by atoms with Crippen molar-refractivity contribution in [3.05, 3.63) is 28.2 Å². The van der Waals surface area contributed by atoms with E-state index in [4.69, 9.17) is 0 Å². The lowest BCUT2D eigenvalue weighted by molar-refractivity contribution is -0.136. The van der Waals surface area contributed by atoms with Gasteiger partial charge in [0.25, 0.3) is 5.91 Å². The van der Waals surface area contributed by atoms with Crippen LogP contribution >= 0.6 is 15.9 Å². The zero-order valence-electron chi connectivity index (χ0n) is 11.3. The molecule has 1 aromatic rings. The molecule has 21 heavy (non-hydrogen) atoms. The van der Waals surface area contributed by atoms with Gasteiger partial charge in [-0.25, -0.2) is 8.78 Å². The Morgan fingerprint density at radius 1 is 1.29 bits per heavy atom. The van der Waals surface area contributed by atoms with E-state index in [-0.39, 0.29) is 28.5 Å². The predicted molar refractivity (Wildman–Crippen MR) is 75.7 cm³/mol. The topological polar surface area (TPSA) is 49.4 Å². The first-order chi connectivity index (χ1) is 9.83. The third-order valence-corrected chi connectivity index (χ3v) is 4.67. The number of amides is 2. The highest BCUT2D eigenvalue weighted by Gasteiger charge is 2.53. The van der Waals surface area contributed by atoms with Crippen LogP contribution in [-0.2, 0) is 9.59 Å². The maximum absolute atomic E-state index is 14.1. The summed E-state index contributed by atoms with van der Waals surface area (Å²) in [6.45, 7) is 1.34. The minimum absolute atomic E-state index is 0.0254. The lowest BCUT2D eigenvalue weighted by atomic mass is 9.91. The molecule has 1 aromatic carbocycles. The second-order valence-electron chi connectivity index (χ2n) is 5.63. The number of nitrogens with one attached hydrogen (secondary N) is 1. The molecule has 4 nitrogen and oxygen atoms in total. The highest BCUT2D eigenvalue weighted by Crippen LogP contribution is 2.42. The first-order valence-electron chi connectivity index (χ1n) is 6.60. The molecule has 2 aliphatic rings. The minimum Gasteiger partial charge on any atom is -0.340 e. The van der Waals surface area contributed by atoms with Crippen molar-refractivity contribution in [2.45, 2.75) is 25.3 Å². The third kappa shape index (κ3) is 2.33. The van der Waals surface area contributed by atoms with E-state index in [0.717, 1.165) is 29.9 Å². The average Bonchev–Trinajstić information content (AvgIpc) is 3.23. The van der Waals surface area contributed by atoms with Crippen molar-refractivity contribution >= 4 is 33.4 Å². The van der Waals surface area contributed by atoms with Gasteiger partial charge in [0.05, 0.1) is 10.2 Å². The molecule has 0 bridgehead atoms. The summed E-state index contributed by atoms with van der Waals surface area (Å²) in [6, 6.07) is 1.89. The Bertz CT molecular complexity index is 648. The summed E-state index contributed by atoms with van der Waals surface area (Å²) in [4.78, 5) is 25.5. The van der Waals surface area contributed by atoms with Gasteiger partial charge in [-0.1, -0.05) is 0 Å². The molecule has 1 atom stereocenters. The van der Waals surface area contributed by atoms with Crippen LogP contribution in [0.15, 0.2) is 16.6 Å². The SMILES string of the molecule is CC1(C2CC2)NC(=O)CN(c2cc(F)c(Br)cc2F)C1=O. The van der Waals surface area contributed by atoms with Gasteiger partial charge in [0.1, 0.15) is 23.7 Å². The minimum atomic E-state index is -1.04. The van der Waals surface area contributed by atoms with Crippen LogP contribution in [0.4, 0.5) is 14.5 Å². The number of rotatable bonds is 2. The number of halogens is 3. The third-order valence-electron chi connectivity index (χ3n) is 4.06. The molecular formula is C14H13BrF2N2O2. The fourth-order valence-corrected chi connectivity index (χ4v) is 3.04. The van der Waals surface area contributed by atoms with E-state index in [1.165, 1.54) is 0 Å². The molecule has 1 saturated heterocycles. The van der Waals surface area contributed by atoms with E-state index in [1.807, 2.05) is 0 Å². The first kappa shape index (κ1) is 14.4. The van der Waals surface area contributed by atoms with Crippen molar-refractivity contribution in [1.29, 1.82) is 0 Å². The Kier molecular flexibility index (Phi) is 3.27. The summed E-state index contributed by atoms with van der Waals surface area (Å²) in [5.74, 6) is -2.14. The second-order valence-corrected chi connectivity index (χ2v) is 6.49. The molecule has 7 heteroatoms. The molecule has 3 rings (SSSR count). The van der Waals surface area contributed by atoms with Gasteiger partial charge >= 0.3 is 0 Å². The molecule has 112 valence electrons. The van der Waals surface area contributed by atoms with Crippen LogP contribution in [0, 0.1) is 17.6 Å². The van der Waals surface area contributed by atoms with Gasteiger partial charge in [-0.3, -0.25) is 14.5 Å². The molecule has 1 N–H and O–H groups in total. The van der Waals surface area contributed by atoms with Gasteiger partial charge in [-0.15, -0.1) is 0 Å². The van der Waals surface area contributed by atoms with Gasteiger partial charge < -0.3 is 5.32 Å². The fraction of sp³-hybridized carbons (Fsp3) is 0.429. The molecule has 0 spiro atoms. The smallest absolute Gasteiger partial charge is 0.253 e. The van der Waals surface area contributed by atoms with Crippen LogP contribution in [0.5, 0.6) is 0 Å². The van der Waals surface area contributed by atoms with Gasteiger partial charge in [-0.2, -0.15) is 0 Å². The van der Waals surface area contributed by atoms with Crippen LogP contribution in [0.2, 0.25) is 0 Å². The first-order valence-corrected chi connectivity index (χ1v) is 7.40. The van der Waals surface area contributed by atoms with E-state index in [1.54, 1.807) is 6.92 Å². The summed E-state index contributed by atoms with van der Waals surface area (Å²) >= 11 is 2.89. The van der Waals surface area contributed by atoms with E-state index in [2.05, 4.69) is 21.2 Å². The maximum atomic E-state index is 14.1. The van der Waals surface area contributed by atoms with Crippen molar-refractivity contribution in [1.82, 2.24) is 5.32 Å². The van der Waals surface area contributed by atoms with Crippen molar-refractivity contribution in [3.63, 3.8) is 0 Å². The van der Waals surface area contributed by atoms with Gasteiger partial charge in [0.2, 0.25) is 5.91 Å². The molecule has 2 amide bonds. The Morgan fingerprint density at radius 3 is 2.57 bits per heavy atom. The number of carbonyl (C=O) groups excluding carboxylic acids is 2. The normalized spacial score (nSPS) is 26.0. The lowest BCUT2D eigenvalue weighted by Crippen LogP contribution is -2.66. The van der Waals surface area contributed by atoms with Gasteiger partial charge in [0, 0.05) is 6.07 Å². The zero-order valence-corrected chi connectivity index (χ0v) is 12.8. The highest BCUT2D eigenvalue weighted by atomic mass is 79.9. The fourth-order valence-electron chi connectivity index (χ4n) is 2.73. The zero-order chi connectivity index (χ0) is 15.4. The Hall–Kier alpha value is -1.50. The van der Waals surface area contributed by atoms with Crippen molar-refractivity contribution in [3.8, 4) is 0 Å². The lowest BCUT2D eigenvalue weighted by Gasteiger charge is -2.40. The second kappa shape index (κ2) is 4.76. The van der Waals surface area contributed by atoms with E-state index in [9.17, 15) is 18.4 Å². The molecule has 1 saturated carbocycles. The van der Waals surface area contributed by atoms with E-state index < -0.39 is 23.1 Å². The Morgan fingerprint density at radius 2 is 1.95 bits per heavy atom. The summed E-state index contributed by atoms with van der Waals surface area (Å²) < 4.78 is 27.7. The van der Waals surface area contributed by atoms with Crippen LogP contribution in [0.1, 0.15) is 19.8 Å². The molecular weight excluding hydrogens is 346 g/mol. The molecule has 1 unspecified atom stereocenters. The van der Waals surface area contributed by atoms with Crippen LogP contribution < -0.4 is 10.2 Å². The molecule has 0 radical (unpaired) electrons. The van der Waals surface area contributed by atoms with Gasteiger partial charge in [-0.05, 0) is 47.7 Å². The summed E-state index contributed by atoms with van der Waals surface area (Å²) in [5, 5.41) is 2.69. The monoisotopic (exact) mass is 358 g/mol. The van der Waals surface area contributed by atoms with Crippen LogP contribution in [-0.4, -0.2) is 23.9 Å². The van der Waals surface area contributed by atoms with E-state index >= 15 is 0 Å². The Labute approximate surface area is 128 Å². The van der Waals surface area contributed by atoms with Crippen LogP contribution in [0.3, 0.4) is 0 Å². The number of anilines is 1. The number of nitrogens with zero attached hydrogens (tertiary/aromatic N) is 1. The largest absolute Gasteiger partial charge is 0.340 e. The van der Waals surface area contributed by atoms with Gasteiger partial charge in [0.15, 0.2) is 0 Å². The number of carbonyl (C=O) groups is 2. The molecule has 2 fully saturated rings. The number of piperazine rings is 1. The molecule has 1 heterocycles. The standard InChI is InChI=1S/C14H13BrF2N2O2/c1-14(7-2-3-7)13(21)19(6-12(20)18-14)11-5-9(16)8(15)4-10(11)17/h4-5,7H,2-3,6H2,1H3,(H,18,20). The summed E-state index contributed by atoms with van der Waals surface area (Å²) in [7, 11) is 0. The number of benzene rings is 1. The molecule has 0 aromatic heterocycles. The summed E-state index contributed by atoms with van der Waals surface area (Å²) in [5.41, 5.74) is -1.24. The Balaban J connectivity index is 2.03. The van der Waals surface area contributed by atoms with Crippen molar-refractivity contribution in [2.75, 3.05) is 11.4 Å². The highest BCUT2D eigenvalue weighted by molar-refractivity contribution is 9.10. The predicted octanol–water partition coefficient (Wildman–Crippen LogP) is 2.36. The quantitative estimate of drug-likeness (QED) is 0.825.